The van der Waals surface area contributed by atoms with Crippen LogP contribution >= 0.6 is 11.6 Å². The zero-order chi connectivity index (χ0) is 15.3. The molecule has 118 valence electrons. The van der Waals surface area contributed by atoms with Crippen LogP contribution in [0.1, 0.15) is 13.3 Å². The summed E-state index contributed by atoms with van der Waals surface area (Å²) in [6.45, 7) is 3.28. The minimum atomic E-state index is -0.858. The summed E-state index contributed by atoms with van der Waals surface area (Å²) in [7, 11) is 0. The lowest BCUT2D eigenvalue weighted by Crippen LogP contribution is -2.47. The molecule has 0 aliphatic carbocycles. The van der Waals surface area contributed by atoms with Crippen molar-refractivity contribution in [2.75, 3.05) is 26.3 Å². The van der Waals surface area contributed by atoms with Crippen LogP contribution in [-0.4, -0.2) is 54.3 Å². The molecule has 1 heterocycles. The summed E-state index contributed by atoms with van der Waals surface area (Å²) in [4.78, 5) is 0. The Labute approximate surface area is 129 Å². The van der Waals surface area contributed by atoms with Gasteiger partial charge in [-0.25, -0.2) is 0 Å². The number of para-hydroxylation sites is 1. The number of nitrogens with one attached hydrogen (secondary N) is 1. The van der Waals surface area contributed by atoms with E-state index in [4.69, 9.17) is 21.1 Å². The van der Waals surface area contributed by atoms with E-state index in [-0.39, 0.29) is 12.7 Å². The van der Waals surface area contributed by atoms with Gasteiger partial charge in [0.15, 0.2) is 0 Å². The number of benzene rings is 1. The van der Waals surface area contributed by atoms with E-state index in [1.165, 1.54) is 0 Å². The van der Waals surface area contributed by atoms with Crippen molar-refractivity contribution in [1.29, 1.82) is 0 Å². The van der Waals surface area contributed by atoms with Gasteiger partial charge in [0, 0.05) is 26.1 Å². The molecule has 6 heteroatoms. The number of aliphatic hydroxyl groups excluding tert-OH is 1. The van der Waals surface area contributed by atoms with E-state index in [0.29, 0.717) is 36.9 Å². The predicted molar refractivity (Wildman–Crippen MR) is 80.8 cm³/mol. The molecule has 3 N–H and O–H groups in total. The van der Waals surface area contributed by atoms with Gasteiger partial charge in [-0.2, -0.15) is 0 Å². The number of halogens is 1. The Morgan fingerprint density at radius 1 is 1.52 bits per heavy atom. The molecule has 0 amide bonds. The van der Waals surface area contributed by atoms with Crippen molar-refractivity contribution in [3.8, 4) is 5.75 Å². The van der Waals surface area contributed by atoms with Crippen LogP contribution in [-0.2, 0) is 4.74 Å². The summed E-state index contributed by atoms with van der Waals surface area (Å²) >= 11 is 5.96. The van der Waals surface area contributed by atoms with Gasteiger partial charge in [0.1, 0.15) is 24.1 Å². The molecule has 0 aromatic heterocycles. The highest BCUT2D eigenvalue weighted by molar-refractivity contribution is 6.32. The van der Waals surface area contributed by atoms with E-state index >= 15 is 0 Å². The Balaban J connectivity index is 1.68. The smallest absolute Gasteiger partial charge is 0.138 e. The number of rotatable bonds is 7. The highest BCUT2D eigenvalue weighted by Crippen LogP contribution is 2.25. The molecule has 0 spiro atoms. The predicted octanol–water partition coefficient (Wildman–Crippen LogP) is 1.21. The van der Waals surface area contributed by atoms with E-state index < -0.39 is 11.7 Å². The SMILES string of the molecule is CC1OCCC1(O)CNCC(O)COc1ccccc1Cl. The van der Waals surface area contributed by atoms with Crippen molar-refractivity contribution < 1.29 is 19.7 Å². The van der Waals surface area contributed by atoms with Crippen molar-refractivity contribution in [3.63, 3.8) is 0 Å². The number of hydrogen-bond acceptors (Lipinski definition) is 5. The first-order valence-corrected chi connectivity index (χ1v) is 7.49. The molecule has 3 atom stereocenters. The summed E-state index contributed by atoms with van der Waals surface area (Å²) in [5.41, 5.74) is -0.858. The first kappa shape index (κ1) is 16.5. The lowest BCUT2D eigenvalue weighted by Gasteiger charge is -2.26. The molecule has 0 saturated carbocycles. The molecule has 21 heavy (non-hydrogen) atoms. The van der Waals surface area contributed by atoms with Gasteiger partial charge in [-0.3, -0.25) is 0 Å². The quantitative estimate of drug-likeness (QED) is 0.705. The van der Waals surface area contributed by atoms with Crippen molar-refractivity contribution in [3.05, 3.63) is 29.3 Å². The third-order valence-corrected chi connectivity index (χ3v) is 4.05. The molecule has 1 aliphatic heterocycles. The van der Waals surface area contributed by atoms with Gasteiger partial charge in [0.05, 0.1) is 11.1 Å². The molecule has 0 bridgehead atoms. The van der Waals surface area contributed by atoms with Gasteiger partial charge in [-0.1, -0.05) is 23.7 Å². The average molecular weight is 316 g/mol. The number of aliphatic hydroxyl groups is 2. The van der Waals surface area contributed by atoms with E-state index in [1.54, 1.807) is 12.1 Å². The maximum Gasteiger partial charge on any atom is 0.138 e. The molecular formula is C15H22ClNO4. The number of hydrogen-bond donors (Lipinski definition) is 3. The Kier molecular flexibility index (Phi) is 5.84. The normalized spacial score (nSPS) is 26.8. The molecule has 0 radical (unpaired) electrons. The van der Waals surface area contributed by atoms with Gasteiger partial charge in [0.2, 0.25) is 0 Å². The van der Waals surface area contributed by atoms with Crippen LogP contribution in [0.3, 0.4) is 0 Å². The van der Waals surface area contributed by atoms with Crippen LogP contribution in [0.4, 0.5) is 0 Å². The second-order valence-corrected chi connectivity index (χ2v) is 5.80. The van der Waals surface area contributed by atoms with Crippen LogP contribution in [0, 0.1) is 0 Å². The maximum absolute atomic E-state index is 10.3. The van der Waals surface area contributed by atoms with Crippen LogP contribution in [0.5, 0.6) is 5.75 Å². The van der Waals surface area contributed by atoms with Gasteiger partial charge < -0.3 is 25.0 Å². The van der Waals surface area contributed by atoms with E-state index in [2.05, 4.69) is 5.32 Å². The maximum atomic E-state index is 10.3. The van der Waals surface area contributed by atoms with E-state index in [9.17, 15) is 10.2 Å². The monoisotopic (exact) mass is 315 g/mol. The third kappa shape index (κ3) is 4.56. The molecule has 2 rings (SSSR count). The van der Waals surface area contributed by atoms with Crippen molar-refractivity contribution >= 4 is 11.6 Å². The molecule has 1 aromatic carbocycles. The van der Waals surface area contributed by atoms with Crippen LogP contribution in [0.15, 0.2) is 24.3 Å². The Morgan fingerprint density at radius 2 is 2.29 bits per heavy atom. The van der Waals surface area contributed by atoms with E-state index in [1.807, 2.05) is 19.1 Å². The molecule has 3 unspecified atom stereocenters. The topological polar surface area (TPSA) is 71.0 Å². The fourth-order valence-corrected chi connectivity index (χ4v) is 2.46. The summed E-state index contributed by atoms with van der Waals surface area (Å²) in [5, 5.41) is 23.8. The van der Waals surface area contributed by atoms with Gasteiger partial charge in [0.25, 0.3) is 0 Å². The van der Waals surface area contributed by atoms with Crippen molar-refractivity contribution in [2.24, 2.45) is 0 Å². The lowest BCUT2D eigenvalue weighted by atomic mass is 9.97. The lowest BCUT2D eigenvalue weighted by molar-refractivity contribution is -0.0279. The Bertz CT molecular complexity index is 459. The fourth-order valence-electron chi connectivity index (χ4n) is 2.26. The highest BCUT2D eigenvalue weighted by atomic mass is 35.5. The molecule has 1 aromatic rings. The molecule has 1 saturated heterocycles. The van der Waals surface area contributed by atoms with Gasteiger partial charge >= 0.3 is 0 Å². The minimum Gasteiger partial charge on any atom is -0.489 e. The molecule has 1 aliphatic rings. The second kappa shape index (κ2) is 7.42. The number of ether oxygens (including phenoxy) is 2. The van der Waals surface area contributed by atoms with Gasteiger partial charge in [-0.05, 0) is 19.1 Å². The Hall–Kier alpha value is -0.850. The van der Waals surface area contributed by atoms with Crippen LogP contribution in [0.2, 0.25) is 5.02 Å². The standard InChI is InChI=1S/C15H22ClNO4/c1-11-15(19,6-7-20-11)10-17-8-12(18)9-21-14-5-3-2-4-13(14)16/h2-5,11-12,17-19H,6-10H2,1H3. The Morgan fingerprint density at radius 3 is 2.95 bits per heavy atom. The van der Waals surface area contributed by atoms with Crippen LogP contribution in [0.25, 0.3) is 0 Å². The van der Waals surface area contributed by atoms with E-state index in [0.717, 1.165) is 0 Å². The summed E-state index contributed by atoms with van der Waals surface area (Å²) in [6, 6.07) is 7.13. The highest BCUT2D eigenvalue weighted by Gasteiger charge is 2.39. The van der Waals surface area contributed by atoms with Crippen molar-refractivity contribution in [2.45, 2.75) is 31.2 Å². The average Bonchev–Trinajstić information content (AvgIpc) is 2.78. The molecule has 1 fully saturated rings. The minimum absolute atomic E-state index is 0.140. The fraction of sp³-hybridized carbons (Fsp3) is 0.600. The zero-order valence-electron chi connectivity index (χ0n) is 12.1. The third-order valence-electron chi connectivity index (χ3n) is 3.74. The summed E-state index contributed by atoms with van der Waals surface area (Å²) in [6.07, 6.45) is -0.267. The first-order chi connectivity index (χ1) is 10.0. The first-order valence-electron chi connectivity index (χ1n) is 7.11. The largest absolute Gasteiger partial charge is 0.489 e. The zero-order valence-corrected chi connectivity index (χ0v) is 12.8. The summed E-state index contributed by atoms with van der Waals surface area (Å²) < 4.78 is 10.8. The molecular weight excluding hydrogens is 294 g/mol. The summed E-state index contributed by atoms with van der Waals surface area (Å²) in [5.74, 6) is 0.551. The van der Waals surface area contributed by atoms with Crippen LogP contribution < -0.4 is 10.1 Å². The van der Waals surface area contributed by atoms with Crippen molar-refractivity contribution in [1.82, 2.24) is 5.32 Å². The second-order valence-electron chi connectivity index (χ2n) is 5.39. The van der Waals surface area contributed by atoms with Gasteiger partial charge in [-0.15, -0.1) is 0 Å². The molecule has 5 nitrogen and oxygen atoms in total.